The molecule has 0 atom stereocenters. The number of ether oxygens (including phenoxy) is 2. The number of aromatic nitrogens is 1. The molecular weight excluding hydrogens is 272 g/mol. The molecule has 3 rings (SSSR count). The van der Waals surface area contributed by atoms with Crippen molar-refractivity contribution in [1.82, 2.24) is 5.16 Å². The quantitative estimate of drug-likeness (QED) is 0.937. The molecule has 2 aromatic rings. The zero-order valence-corrected chi connectivity index (χ0v) is 11.9. The highest BCUT2D eigenvalue weighted by molar-refractivity contribution is 5.91. The zero-order chi connectivity index (χ0) is 14.8. The van der Waals surface area contributed by atoms with Gasteiger partial charge in [-0.25, -0.2) is 0 Å². The normalized spacial score (nSPS) is 13.0. The molecule has 0 spiro atoms. The van der Waals surface area contributed by atoms with Crippen molar-refractivity contribution in [3.05, 3.63) is 35.1 Å². The maximum absolute atomic E-state index is 12.0. The van der Waals surface area contributed by atoms with Gasteiger partial charge in [-0.3, -0.25) is 4.79 Å². The molecule has 0 fully saturated rings. The minimum absolute atomic E-state index is 0.150. The lowest BCUT2D eigenvalue weighted by molar-refractivity contribution is -0.115. The molecule has 1 aliphatic heterocycles. The van der Waals surface area contributed by atoms with Gasteiger partial charge in [-0.1, -0.05) is 5.16 Å². The average molecular weight is 288 g/mol. The Hall–Kier alpha value is -2.50. The Morgan fingerprint density at radius 2 is 1.90 bits per heavy atom. The Kier molecular flexibility index (Phi) is 3.51. The van der Waals surface area contributed by atoms with Crippen LogP contribution in [0.4, 0.5) is 5.82 Å². The molecule has 6 nitrogen and oxygen atoms in total. The number of rotatable bonds is 3. The van der Waals surface area contributed by atoms with Crippen LogP contribution in [0.1, 0.15) is 16.9 Å². The third kappa shape index (κ3) is 2.99. The smallest absolute Gasteiger partial charge is 0.230 e. The largest absolute Gasteiger partial charge is 0.486 e. The summed E-state index contributed by atoms with van der Waals surface area (Å²) in [5.41, 5.74) is 1.89. The van der Waals surface area contributed by atoms with Gasteiger partial charge in [-0.15, -0.1) is 0 Å². The van der Waals surface area contributed by atoms with E-state index in [4.69, 9.17) is 14.0 Å². The van der Waals surface area contributed by atoms with Gasteiger partial charge in [0.1, 0.15) is 19.0 Å². The number of anilines is 1. The summed E-state index contributed by atoms with van der Waals surface area (Å²) in [4.78, 5) is 12.0. The molecule has 6 heteroatoms. The van der Waals surface area contributed by atoms with Crippen LogP contribution in [0, 0.1) is 13.8 Å². The number of aryl methyl sites for hydroxylation is 2. The van der Waals surface area contributed by atoms with E-state index in [0.29, 0.717) is 30.5 Å². The number of hydrogen-bond acceptors (Lipinski definition) is 5. The van der Waals surface area contributed by atoms with E-state index < -0.39 is 0 Å². The van der Waals surface area contributed by atoms with Crippen LogP contribution in [0.2, 0.25) is 0 Å². The molecule has 1 aliphatic rings. The highest BCUT2D eigenvalue weighted by Crippen LogP contribution is 2.33. The van der Waals surface area contributed by atoms with Gasteiger partial charge < -0.3 is 19.3 Å². The fourth-order valence-electron chi connectivity index (χ4n) is 2.21. The van der Waals surface area contributed by atoms with E-state index in [1.165, 1.54) is 0 Å². The van der Waals surface area contributed by atoms with E-state index in [1.807, 2.05) is 19.1 Å². The minimum atomic E-state index is -0.150. The number of hydrogen-bond donors (Lipinski definition) is 1. The number of carbonyl (C=O) groups is 1. The molecule has 0 unspecified atom stereocenters. The van der Waals surface area contributed by atoms with Crippen molar-refractivity contribution in [3.8, 4) is 11.5 Å². The van der Waals surface area contributed by atoms with Crippen molar-refractivity contribution in [3.63, 3.8) is 0 Å². The van der Waals surface area contributed by atoms with Crippen LogP contribution in [0.15, 0.2) is 22.7 Å². The first-order chi connectivity index (χ1) is 10.1. The third-order valence-electron chi connectivity index (χ3n) is 3.25. The SMILES string of the molecule is Cc1cc(NC(=O)Cc2cc3c(cc2C)OCCO3)no1. The fraction of sp³-hybridized carbons (Fsp3) is 0.333. The van der Waals surface area contributed by atoms with E-state index in [9.17, 15) is 4.79 Å². The summed E-state index contributed by atoms with van der Waals surface area (Å²) in [7, 11) is 0. The Morgan fingerprint density at radius 1 is 1.19 bits per heavy atom. The summed E-state index contributed by atoms with van der Waals surface area (Å²) < 4.78 is 16.0. The van der Waals surface area contributed by atoms with E-state index in [2.05, 4.69) is 10.5 Å². The Labute approximate surface area is 122 Å². The van der Waals surface area contributed by atoms with Gasteiger partial charge in [-0.05, 0) is 37.1 Å². The van der Waals surface area contributed by atoms with Crippen molar-refractivity contribution < 1.29 is 18.8 Å². The van der Waals surface area contributed by atoms with Gasteiger partial charge >= 0.3 is 0 Å². The average Bonchev–Trinajstić information content (AvgIpc) is 2.85. The summed E-state index contributed by atoms with van der Waals surface area (Å²) in [5.74, 6) is 2.35. The van der Waals surface area contributed by atoms with Crippen molar-refractivity contribution >= 4 is 11.7 Å². The molecule has 1 aromatic carbocycles. The van der Waals surface area contributed by atoms with Gasteiger partial charge in [0.25, 0.3) is 0 Å². The predicted octanol–water partition coefficient (Wildman–Crippen LogP) is 2.24. The van der Waals surface area contributed by atoms with Crippen LogP contribution in [-0.4, -0.2) is 24.3 Å². The van der Waals surface area contributed by atoms with E-state index in [1.54, 1.807) is 13.0 Å². The lowest BCUT2D eigenvalue weighted by atomic mass is 10.0. The standard InChI is InChI=1S/C15H16N2O4/c1-9-5-12-13(20-4-3-19-12)7-11(9)8-15(18)16-14-6-10(2)21-17-14/h5-7H,3-4,8H2,1-2H3,(H,16,17,18). The molecule has 0 saturated carbocycles. The van der Waals surface area contributed by atoms with Gasteiger partial charge in [0.2, 0.25) is 5.91 Å². The highest BCUT2D eigenvalue weighted by Gasteiger charge is 2.16. The third-order valence-corrected chi connectivity index (χ3v) is 3.25. The second-order valence-electron chi connectivity index (χ2n) is 4.97. The maximum Gasteiger partial charge on any atom is 0.230 e. The summed E-state index contributed by atoms with van der Waals surface area (Å²) in [5, 5.41) is 6.44. The van der Waals surface area contributed by atoms with Crippen LogP contribution < -0.4 is 14.8 Å². The van der Waals surface area contributed by atoms with E-state index in [0.717, 1.165) is 16.9 Å². The van der Waals surface area contributed by atoms with Crippen LogP contribution in [0.25, 0.3) is 0 Å². The number of carbonyl (C=O) groups excluding carboxylic acids is 1. The Morgan fingerprint density at radius 3 is 2.57 bits per heavy atom. The lowest BCUT2D eigenvalue weighted by Crippen LogP contribution is -2.18. The van der Waals surface area contributed by atoms with Crippen molar-refractivity contribution in [2.45, 2.75) is 20.3 Å². The second kappa shape index (κ2) is 5.47. The molecule has 1 N–H and O–H groups in total. The summed E-state index contributed by atoms with van der Waals surface area (Å²) in [6, 6.07) is 5.43. The lowest BCUT2D eigenvalue weighted by Gasteiger charge is -2.20. The molecule has 21 heavy (non-hydrogen) atoms. The van der Waals surface area contributed by atoms with Gasteiger partial charge in [-0.2, -0.15) is 0 Å². The first-order valence-corrected chi connectivity index (χ1v) is 6.74. The number of amides is 1. The molecule has 2 heterocycles. The number of fused-ring (bicyclic) bond motifs is 1. The van der Waals surface area contributed by atoms with Crippen LogP contribution >= 0.6 is 0 Å². The molecule has 1 aromatic heterocycles. The highest BCUT2D eigenvalue weighted by atomic mass is 16.6. The maximum atomic E-state index is 12.0. The molecule has 0 radical (unpaired) electrons. The van der Waals surface area contributed by atoms with Crippen LogP contribution in [0.3, 0.4) is 0 Å². The van der Waals surface area contributed by atoms with Crippen molar-refractivity contribution in [1.29, 1.82) is 0 Å². The predicted molar refractivity (Wildman–Crippen MR) is 75.7 cm³/mol. The zero-order valence-electron chi connectivity index (χ0n) is 11.9. The van der Waals surface area contributed by atoms with Gasteiger partial charge in [0.05, 0.1) is 6.42 Å². The van der Waals surface area contributed by atoms with Gasteiger partial charge in [0, 0.05) is 6.07 Å². The van der Waals surface area contributed by atoms with Gasteiger partial charge in [0.15, 0.2) is 17.3 Å². The fourth-order valence-corrected chi connectivity index (χ4v) is 2.21. The first-order valence-electron chi connectivity index (χ1n) is 6.74. The molecule has 0 aliphatic carbocycles. The molecule has 0 bridgehead atoms. The summed E-state index contributed by atoms with van der Waals surface area (Å²) >= 11 is 0. The molecule has 0 saturated heterocycles. The van der Waals surface area contributed by atoms with Crippen molar-refractivity contribution in [2.24, 2.45) is 0 Å². The number of benzene rings is 1. The van der Waals surface area contributed by atoms with E-state index in [-0.39, 0.29) is 12.3 Å². The Balaban J connectivity index is 1.73. The summed E-state index contributed by atoms with van der Waals surface area (Å²) in [6.07, 6.45) is 0.244. The molecule has 1 amide bonds. The van der Waals surface area contributed by atoms with Crippen LogP contribution in [-0.2, 0) is 11.2 Å². The number of nitrogens with one attached hydrogen (secondary N) is 1. The Bertz CT molecular complexity index is 678. The topological polar surface area (TPSA) is 73.6 Å². The second-order valence-corrected chi connectivity index (χ2v) is 4.97. The molecule has 110 valence electrons. The first kappa shape index (κ1) is 13.5. The van der Waals surface area contributed by atoms with Crippen LogP contribution in [0.5, 0.6) is 11.5 Å². The van der Waals surface area contributed by atoms with E-state index >= 15 is 0 Å². The van der Waals surface area contributed by atoms with Crippen molar-refractivity contribution in [2.75, 3.05) is 18.5 Å². The minimum Gasteiger partial charge on any atom is -0.486 e. The monoisotopic (exact) mass is 288 g/mol. The number of nitrogens with zero attached hydrogens (tertiary/aromatic N) is 1. The summed E-state index contributed by atoms with van der Waals surface area (Å²) in [6.45, 7) is 4.80. The molecular formula is C15H16N2O4.